The van der Waals surface area contributed by atoms with E-state index in [9.17, 15) is 4.79 Å². The van der Waals surface area contributed by atoms with Crippen LogP contribution in [0.1, 0.15) is 58.2 Å². The quantitative estimate of drug-likeness (QED) is 0.703. The van der Waals surface area contributed by atoms with E-state index in [0.29, 0.717) is 31.2 Å². The molecule has 0 radical (unpaired) electrons. The lowest BCUT2D eigenvalue weighted by Gasteiger charge is -2.21. The molecule has 23 heavy (non-hydrogen) atoms. The largest absolute Gasteiger partial charge is 0.346 e. The molecule has 7 heteroatoms. The van der Waals surface area contributed by atoms with E-state index < -0.39 is 0 Å². The Morgan fingerprint density at radius 2 is 2.04 bits per heavy atom. The Kier molecular flexibility index (Phi) is 10.8. The minimum atomic E-state index is 0. The SMILES string of the molecule is CCCc1noc(CCCC(=O)N(C)CCC(N)C(C)C)n1.Cl. The van der Waals surface area contributed by atoms with E-state index in [0.717, 1.165) is 31.5 Å². The molecule has 1 unspecified atom stereocenters. The molecule has 0 aromatic carbocycles. The maximum atomic E-state index is 12.0. The fourth-order valence-corrected chi connectivity index (χ4v) is 2.10. The van der Waals surface area contributed by atoms with Crippen LogP contribution in [-0.2, 0) is 17.6 Å². The van der Waals surface area contributed by atoms with Gasteiger partial charge in [-0.15, -0.1) is 12.4 Å². The van der Waals surface area contributed by atoms with Gasteiger partial charge in [0.25, 0.3) is 0 Å². The zero-order valence-corrected chi connectivity index (χ0v) is 15.6. The molecule has 0 bridgehead atoms. The smallest absolute Gasteiger partial charge is 0.226 e. The summed E-state index contributed by atoms with van der Waals surface area (Å²) in [5.41, 5.74) is 6.00. The molecule has 134 valence electrons. The highest BCUT2D eigenvalue weighted by molar-refractivity contribution is 5.85. The predicted molar refractivity (Wildman–Crippen MR) is 93.5 cm³/mol. The Morgan fingerprint density at radius 1 is 1.35 bits per heavy atom. The summed E-state index contributed by atoms with van der Waals surface area (Å²) in [6.07, 6.45) is 4.56. The van der Waals surface area contributed by atoms with Gasteiger partial charge in [-0.3, -0.25) is 4.79 Å². The summed E-state index contributed by atoms with van der Waals surface area (Å²) < 4.78 is 5.16. The number of rotatable bonds is 10. The first kappa shape index (κ1) is 21.9. The van der Waals surface area contributed by atoms with Crippen molar-refractivity contribution in [3.8, 4) is 0 Å². The van der Waals surface area contributed by atoms with E-state index in [1.807, 2.05) is 7.05 Å². The van der Waals surface area contributed by atoms with Gasteiger partial charge in [-0.05, 0) is 25.2 Å². The molecule has 1 aromatic rings. The van der Waals surface area contributed by atoms with Gasteiger partial charge in [0.2, 0.25) is 11.8 Å². The van der Waals surface area contributed by atoms with Crippen molar-refractivity contribution in [1.82, 2.24) is 15.0 Å². The maximum Gasteiger partial charge on any atom is 0.226 e. The first-order valence-electron chi connectivity index (χ1n) is 8.25. The van der Waals surface area contributed by atoms with Crippen molar-refractivity contribution in [1.29, 1.82) is 0 Å². The van der Waals surface area contributed by atoms with Crippen LogP contribution in [0.25, 0.3) is 0 Å². The van der Waals surface area contributed by atoms with E-state index in [2.05, 4.69) is 30.9 Å². The van der Waals surface area contributed by atoms with E-state index in [1.54, 1.807) is 4.90 Å². The summed E-state index contributed by atoms with van der Waals surface area (Å²) in [6, 6.07) is 0.144. The highest BCUT2D eigenvalue weighted by Crippen LogP contribution is 2.08. The number of nitrogens with two attached hydrogens (primary N) is 1. The third-order valence-corrected chi connectivity index (χ3v) is 3.84. The molecule has 0 aliphatic rings. The lowest BCUT2D eigenvalue weighted by Crippen LogP contribution is -2.34. The summed E-state index contributed by atoms with van der Waals surface area (Å²) in [5.74, 6) is 1.96. The molecule has 0 fully saturated rings. The Morgan fingerprint density at radius 3 is 2.65 bits per heavy atom. The highest BCUT2D eigenvalue weighted by atomic mass is 35.5. The molecule has 1 atom stereocenters. The average molecular weight is 347 g/mol. The first-order valence-corrected chi connectivity index (χ1v) is 8.25. The molecule has 1 heterocycles. The van der Waals surface area contributed by atoms with Crippen LogP contribution in [0, 0.1) is 5.92 Å². The number of halogens is 1. The predicted octanol–water partition coefficient (Wildman–Crippen LogP) is 2.60. The molecule has 0 saturated heterocycles. The summed E-state index contributed by atoms with van der Waals surface area (Å²) >= 11 is 0. The lowest BCUT2D eigenvalue weighted by molar-refractivity contribution is -0.130. The van der Waals surface area contributed by atoms with Crippen LogP contribution in [0.2, 0.25) is 0 Å². The fourth-order valence-electron chi connectivity index (χ4n) is 2.10. The van der Waals surface area contributed by atoms with E-state index in [4.69, 9.17) is 10.3 Å². The van der Waals surface area contributed by atoms with Gasteiger partial charge in [0.15, 0.2) is 5.82 Å². The van der Waals surface area contributed by atoms with Gasteiger partial charge in [0.1, 0.15) is 0 Å². The normalized spacial score (nSPS) is 12.1. The second kappa shape index (κ2) is 11.4. The highest BCUT2D eigenvalue weighted by Gasteiger charge is 2.13. The number of hydrogen-bond donors (Lipinski definition) is 1. The van der Waals surface area contributed by atoms with Crippen molar-refractivity contribution in [2.24, 2.45) is 11.7 Å². The van der Waals surface area contributed by atoms with Gasteiger partial charge < -0.3 is 15.2 Å². The second-order valence-corrected chi connectivity index (χ2v) is 6.22. The number of amides is 1. The zero-order chi connectivity index (χ0) is 16.5. The van der Waals surface area contributed by atoms with Gasteiger partial charge in [-0.2, -0.15) is 4.98 Å². The zero-order valence-electron chi connectivity index (χ0n) is 14.7. The lowest BCUT2D eigenvalue weighted by atomic mass is 10.0. The topological polar surface area (TPSA) is 85.2 Å². The van der Waals surface area contributed by atoms with Crippen LogP contribution in [0.5, 0.6) is 0 Å². The van der Waals surface area contributed by atoms with Crippen molar-refractivity contribution in [3.63, 3.8) is 0 Å². The molecule has 1 aromatic heterocycles. The molecule has 2 N–H and O–H groups in total. The Bertz CT molecular complexity index is 451. The van der Waals surface area contributed by atoms with E-state index in [-0.39, 0.29) is 24.4 Å². The molecule has 0 aliphatic carbocycles. The van der Waals surface area contributed by atoms with Crippen molar-refractivity contribution in [2.45, 2.75) is 65.3 Å². The molecular formula is C16H31ClN4O2. The van der Waals surface area contributed by atoms with Gasteiger partial charge in [-0.25, -0.2) is 0 Å². The standard InChI is InChI=1S/C16H30N4O2.ClH/c1-5-7-14-18-15(22-19-14)8-6-9-16(21)20(4)11-10-13(17)12(2)3;/h12-13H,5-11,17H2,1-4H3;1H. The van der Waals surface area contributed by atoms with Crippen molar-refractivity contribution in [3.05, 3.63) is 11.7 Å². The second-order valence-electron chi connectivity index (χ2n) is 6.22. The van der Waals surface area contributed by atoms with Crippen LogP contribution in [-0.4, -0.2) is 40.6 Å². The molecule has 1 amide bonds. The summed E-state index contributed by atoms with van der Waals surface area (Å²) in [4.78, 5) is 18.1. The third kappa shape index (κ3) is 8.32. The first-order chi connectivity index (χ1) is 10.4. The Labute approximate surface area is 145 Å². The van der Waals surface area contributed by atoms with Crippen LogP contribution in [0.15, 0.2) is 4.52 Å². The Balaban J connectivity index is 0.00000484. The van der Waals surface area contributed by atoms with Gasteiger partial charge in [0, 0.05) is 38.9 Å². The molecule has 6 nitrogen and oxygen atoms in total. The van der Waals surface area contributed by atoms with Crippen molar-refractivity contribution in [2.75, 3.05) is 13.6 Å². The van der Waals surface area contributed by atoms with Crippen LogP contribution < -0.4 is 5.73 Å². The molecule has 0 aliphatic heterocycles. The molecule has 0 saturated carbocycles. The van der Waals surface area contributed by atoms with Crippen molar-refractivity contribution < 1.29 is 9.32 Å². The summed E-state index contributed by atoms with van der Waals surface area (Å²) in [6.45, 7) is 6.99. The van der Waals surface area contributed by atoms with Crippen LogP contribution >= 0.6 is 12.4 Å². The summed E-state index contributed by atoms with van der Waals surface area (Å²) in [5, 5.41) is 3.91. The maximum absolute atomic E-state index is 12.0. The molecular weight excluding hydrogens is 316 g/mol. The average Bonchev–Trinajstić information content (AvgIpc) is 2.92. The monoisotopic (exact) mass is 346 g/mol. The van der Waals surface area contributed by atoms with Crippen molar-refractivity contribution >= 4 is 18.3 Å². The van der Waals surface area contributed by atoms with Gasteiger partial charge in [-0.1, -0.05) is 25.9 Å². The van der Waals surface area contributed by atoms with E-state index in [1.165, 1.54) is 0 Å². The fraction of sp³-hybridized carbons (Fsp3) is 0.812. The van der Waals surface area contributed by atoms with E-state index >= 15 is 0 Å². The number of aryl methyl sites for hydroxylation is 2. The number of hydrogen-bond acceptors (Lipinski definition) is 5. The third-order valence-electron chi connectivity index (χ3n) is 3.84. The van der Waals surface area contributed by atoms with Gasteiger partial charge >= 0.3 is 0 Å². The molecule has 1 rings (SSSR count). The minimum absolute atomic E-state index is 0. The minimum Gasteiger partial charge on any atom is -0.346 e. The van der Waals surface area contributed by atoms with Gasteiger partial charge in [0.05, 0.1) is 0 Å². The van der Waals surface area contributed by atoms with Crippen LogP contribution in [0.4, 0.5) is 0 Å². The number of aromatic nitrogens is 2. The number of carbonyl (C=O) groups excluding carboxylic acids is 1. The Hall–Kier alpha value is -1.14. The molecule has 0 spiro atoms. The number of carbonyl (C=O) groups is 1. The summed E-state index contributed by atoms with van der Waals surface area (Å²) in [7, 11) is 1.83. The van der Waals surface area contributed by atoms with Crippen LogP contribution in [0.3, 0.4) is 0 Å². The number of nitrogens with zero attached hydrogens (tertiary/aromatic N) is 3.